The molecule has 0 aliphatic carbocycles. The molecule has 0 unspecified atom stereocenters. The average molecular weight is 358 g/mol. The molecule has 0 aliphatic heterocycles. The molecule has 0 radical (unpaired) electrons. The molecule has 2 aromatic heterocycles. The Morgan fingerprint density at radius 1 is 0.889 bits per heavy atom. The van der Waals surface area contributed by atoms with Gasteiger partial charge in [0.25, 0.3) is 0 Å². The van der Waals surface area contributed by atoms with Crippen LogP contribution in [0.15, 0.2) is 71.0 Å². The Bertz CT molecular complexity index is 1170. The van der Waals surface area contributed by atoms with Gasteiger partial charge in [0.15, 0.2) is 11.6 Å². The second kappa shape index (κ2) is 6.76. The van der Waals surface area contributed by atoms with Gasteiger partial charge in [0.2, 0.25) is 0 Å². The van der Waals surface area contributed by atoms with E-state index in [0.717, 1.165) is 33.6 Å². The van der Waals surface area contributed by atoms with Crippen LogP contribution in [0, 0.1) is 26.6 Å². The Labute approximate surface area is 157 Å². The summed E-state index contributed by atoms with van der Waals surface area (Å²) in [6, 6.07) is 16.5. The Kier molecular flexibility index (Phi) is 4.28. The second-order valence-corrected chi connectivity index (χ2v) is 6.69. The minimum absolute atomic E-state index is 0.201. The summed E-state index contributed by atoms with van der Waals surface area (Å²) in [5.74, 6) is 0.185. The number of halogens is 1. The van der Waals surface area contributed by atoms with Gasteiger partial charge in [-0.05, 0) is 56.2 Å². The lowest BCUT2D eigenvalue weighted by molar-refractivity contribution is 0.628. The maximum Gasteiger partial charge on any atom is 0.187 e. The van der Waals surface area contributed by atoms with E-state index in [1.807, 2.05) is 43.5 Å². The van der Waals surface area contributed by atoms with E-state index in [1.165, 1.54) is 6.07 Å². The van der Waals surface area contributed by atoms with Gasteiger partial charge in [-0.3, -0.25) is 4.40 Å². The summed E-state index contributed by atoms with van der Waals surface area (Å²) in [4.78, 5) is 4.78. The van der Waals surface area contributed by atoms with E-state index in [-0.39, 0.29) is 5.69 Å². The van der Waals surface area contributed by atoms with Crippen LogP contribution in [0.4, 0.5) is 15.9 Å². The zero-order valence-corrected chi connectivity index (χ0v) is 15.4. The summed E-state index contributed by atoms with van der Waals surface area (Å²) >= 11 is 0. The van der Waals surface area contributed by atoms with Gasteiger partial charge < -0.3 is 0 Å². The summed E-state index contributed by atoms with van der Waals surface area (Å²) in [7, 11) is 0. The number of nitrogens with zero attached hydrogens (tertiary/aromatic N) is 4. The summed E-state index contributed by atoms with van der Waals surface area (Å²) in [6.45, 7) is 6.10. The van der Waals surface area contributed by atoms with Crippen molar-refractivity contribution in [1.82, 2.24) is 9.38 Å². The standard InChI is InChI=1S/C22H19FN4/c1-14-8-10-16(3)17(12-14)21-22(26-25-19-7-5-4-6-18(19)23)27-13-15(2)9-11-20(27)24-21/h4-13H,1-3H3. The number of rotatable bonds is 3. The van der Waals surface area contributed by atoms with Gasteiger partial charge in [0, 0.05) is 11.8 Å². The molecule has 5 heteroatoms. The molecule has 4 aromatic rings. The highest BCUT2D eigenvalue weighted by atomic mass is 19.1. The molecule has 0 spiro atoms. The van der Waals surface area contributed by atoms with Gasteiger partial charge in [-0.1, -0.05) is 35.9 Å². The highest BCUT2D eigenvalue weighted by Gasteiger charge is 2.16. The number of hydrogen-bond donors (Lipinski definition) is 0. The van der Waals surface area contributed by atoms with Crippen LogP contribution in [0.5, 0.6) is 0 Å². The molecule has 0 bridgehead atoms. The van der Waals surface area contributed by atoms with Crippen LogP contribution in [0.2, 0.25) is 0 Å². The first kappa shape index (κ1) is 17.1. The van der Waals surface area contributed by atoms with Crippen LogP contribution in [-0.4, -0.2) is 9.38 Å². The first-order valence-electron chi connectivity index (χ1n) is 8.75. The summed E-state index contributed by atoms with van der Waals surface area (Å²) in [6.07, 6.45) is 1.96. The van der Waals surface area contributed by atoms with E-state index in [0.29, 0.717) is 5.82 Å². The predicted octanol–water partition coefficient (Wildman–Crippen LogP) is 6.48. The van der Waals surface area contributed by atoms with Crippen molar-refractivity contribution in [3.05, 3.63) is 83.3 Å². The smallest absolute Gasteiger partial charge is 0.187 e. The molecule has 2 aromatic carbocycles. The van der Waals surface area contributed by atoms with Crippen molar-refractivity contribution in [2.75, 3.05) is 0 Å². The molecule has 0 amide bonds. The lowest BCUT2D eigenvalue weighted by Gasteiger charge is -2.05. The van der Waals surface area contributed by atoms with Gasteiger partial charge in [-0.2, -0.15) is 0 Å². The van der Waals surface area contributed by atoms with Crippen LogP contribution in [0.3, 0.4) is 0 Å². The first-order valence-corrected chi connectivity index (χ1v) is 8.75. The molecule has 134 valence electrons. The highest BCUT2D eigenvalue weighted by molar-refractivity contribution is 5.77. The lowest BCUT2D eigenvalue weighted by atomic mass is 10.0. The number of hydrogen-bond acceptors (Lipinski definition) is 3. The number of fused-ring (bicyclic) bond motifs is 1. The number of aryl methyl sites for hydroxylation is 3. The van der Waals surface area contributed by atoms with Crippen molar-refractivity contribution in [3.8, 4) is 11.3 Å². The quantitative estimate of drug-likeness (QED) is 0.386. The van der Waals surface area contributed by atoms with E-state index in [1.54, 1.807) is 18.2 Å². The highest BCUT2D eigenvalue weighted by Crippen LogP contribution is 2.35. The molecule has 2 heterocycles. The van der Waals surface area contributed by atoms with Crippen LogP contribution >= 0.6 is 0 Å². The molecule has 0 aliphatic rings. The molecule has 0 atom stereocenters. The molecule has 4 rings (SSSR count). The van der Waals surface area contributed by atoms with Crippen molar-refractivity contribution in [1.29, 1.82) is 0 Å². The molecular formula is C22H19FN4. The largest absolute Gasteiger partial charge is 0.282 e. The van der Waals surface area contributed by atoms with Crippen LogP contribution < -0.4 is 0 Å². The Balaban J connectivity index is 1.95. The number of pyridine rings is 1. The molecule has 4 nitrogen and oxygen atoms in total. The molecule has 0 fully saturated rings. The van der Waals surface area contributed by atoms with Crippen molar-refractivity contribution >= 4 is 17.2 Å². The first-order chi connectivity index (χ1) is 13.0. The van der Waals surface area contributed by atoms with Crippen molar-refractivity contribution in [3.63, 3.8) is 0 Å². The lowest BCUT2D eigenvalue weighted by Crippen LogP contribution is -1.87. The third-order valence-electron chi connectivity index (χ3n) is 4.49. The van der Waals surface area contributed by atoms with Gasteiger partial charge in [-0.25, -0.2) is 9.37 Å². The summed E-state index contributed by atoms with van der Waals surface area (Å²) in [5.41, 5.74) is 6.03. The van der Waals surface area contributed by atoms with Crippen LogP contribution in [-0.2, 0) is 0 Å². The molecule has 0 saturated carbocycles. The fourth-order valence-electron chi connectivity index (χ4n) is 3.04. The molecule has 27 heavy (non-hydrogen) atoms. The average Bonchev–Trinajstić information content (AvgIpc) is 3.00. The van der Waals surface area contributed by atoms with Gasteiger partial charge in [-0.15, -0.1) is 10.2 Å². The van der Waals surface area contributed by atoms with Crippen LogP contribution in [0.1, 0.15) is 16.7 Å². The molecule has 0 saturated heterocycles. The predicted molar refractivity (Wildman–Crippen MR) is 105 cm³/mol. The zero-order chi connectivity index (χ0) is 19.0. The van der Waals surface area contributed by atoms with Crippen molar-refractivity contribution in [2.45, 2.75) is 20.8 Å². The molecular weight excluding hydrogens is 339 g/mol. The fourth-order valence-corrected chi connectivity index (χ4v) is 3.04. The number of azo groups is 1. The van der Waals surface area contributed by atoms with E-state index < -0.39 is 5.82 Å². The Hall–Kier alpha value is -3.34. The minimum atomic E-state index is -0.403. The fraction of sp³-hybridized carbons (Fsp3) is 0.136. The van der Waals surface area contributed by atoms with E-state index in [2.05, 4.69) is 28.4 Å². The normalized spacial score (nSPS) is 11.6. The SMILES string of the molecule is Cc1ccc(C)c(-c2nc3ccc(C)cn3c2N=Nc2ccccc2F)c1. The maximum atomic E-state index is 14.0. The monoisotopic (exact) mass is 358 g/mol. The van der Waals surface area contributed by atoms with E-state index in [4.69, 9.17) is 4.98 Å². The Morgan fingerprint density at radius 3 is 2.48 bits per heavy atom. The number of imidazole rings is 1. The maximum absolute atomic E-state index is 14.0. The molecule has 0 N–H and O–H groups in total. The van der Waals surface area contributed by atoms with Gasteiger partial charge >= 0.3 is 0 Å². The summed E-state index contributed by atoms with van der Waals surface area (Å²) < 4.78 is 15.9. The minimum Gasteiger partial charge on any atom is -0.282 e. The number of aromatic nitrogens is 2. The zero-order valence-electron chi connectivity index (χ0n) is 15.4. The summed E-state index contributed by atoms with van der Waals surface area (Å²) in [5, 5.41) is 8.55. The van der Waals surface area contributed by atoms with Gasteiger partial charge in [0.05, 0.1) is 0 Å². The number of benzene rings is 2. The Morgan fingerprint density at radius 2 is 1.67 bits per heavy atom. The van der Waals surface area contributed by atoms with E-state index in [9.17, 15) is 4.39 Å². The topological polar surface area (TPSA) is 42.0 Å². The van der Waals surface area contributed by atoms with Crippen molar-refractivity contribution < 1.29 is 4.39 Å². The van der Waals surface area contributed by atoms with E-state index >= 15 is 0 Å². The third-order valence-corrected chi connectivity index (χ3v) is 4.49. The second-order valence-electron chi connectivity index (χ2n) is 6.69. The third kappa shape index (κ3) is 3.24. The van der Waals surface area contributed by atoms with Crippen LogP contribution in [0.25, 0.3) is 16.9 Å². The van der Waals surface area contributed by atoms with Gasteiger partial charge in [0.1, 0.15) is 17.0 Å². The van der Waals surface area contributed by atoms with Crippen molar-refractivity contribution in [2.24, 2.45) is 10.2 Å².